The van der Waals surface area contributed by atoms with Crippen LogP contribution in [0, 0.1) is 0 Å². The van der Waals surface area contributed by atoms with Gasteiger partial charge in [0.1, 0.15) is 5.69 Å². The van der Waals surface area contributed by atoms with E-state index in [4.69, 9.17) is 0 Å². The molecule has 6 heteroatoms. The molecule has 1 aliphatic carbocycles. The second kappa shape index (κ2) is 6.98. The summed E-state index contributed by atoms with van der Waals surface area (Å²) in [5.41, 5.74) is 1.18. The normalized spacial score (nSPS) is 14.7. The van der Waals surface area contributed by atoms with Crippen molar-refractivity contribution in [1.29, 1.82) is 0 Å². The molecule has 0 radical (unpaired) electrons. The first kappa shape index (κ1) is 14.4. The minimum atomic E-state index is -0.220. The van der Waals surface area contributed by atoms with Gasteiger partial charge in [0.25, 0.3) is 5.91 Å². The Morgan fingerprint density at radius 1 is 1.14 bits per heavy atom. The number of nitrogens with one attached hydrogen (secondary N) is 2. The third-order valence-electron chi connectivity index (χ3n) is 3.73. The number of amides is 1. The summed E-state index contributed by atoms with van der Waals surface area (Å²) in [4.78, 5) is 24.8. The smallest absolute Gasteiger partial charge is 0.270 e. The van der Waals surface area contributed by atoms with E-state index in [9.17, 15) is 4.79 Å². The molecule has 0 bridgehead atoms. The Balaban J connectivity index is 1.59. The quantitative estimate of drug-likeness (QED) is 0.884. The maximum absolute atomic E-state index is 12.2. The van der Waals surface area contributed by atoms with Gasteiger partial charge in [-0.15, -0.1) is 0 Å². The van der Waals surface area contributed by atoms with Crippen molar-refractivity contribution < 1.29 is 4.79 Å². The highest BCUT2D eigenvalue weighted by atomic mass is 16.1. The Kier molecular flexibility index (Phi) is 4.58. The second-order valence-corrected chi connectivity index (χ2v) is 5.39. The number of carbonyl (C=O) groups is 1. The molecule has 1 fully saturated rings. The zero-order valence-corrected chi connectivity index (χ0v) is 12.3. The third kappa shape index (κ3) is 3.78. The molecule has 2 aromatic heterocycles. The summed E-state index contributed by atoms with van der Waals surface area (Å²) in [6.07, 6.45) is 8.07. The average molecular weight is 297 g/mol. The van der Waals surface area contributed by atoms with Gasteiger partial charge in [0.05, 0.1) is 12.2 Å². The van der Waals surface area contributed by atoms with E-state index in [1.165, 1.54) is 12.8 Å². The average Bonchev–Trinajstić information content (AvgIpc) is 3.07. The van der Waals surface area contributed by atoms with Gasteiger partial charge in [0, 0.05) is 18.4 Å². The van der Waals surface area contributed by atoms with Crippen LogP contribution in [0.4, 0.5) is 5.95 Å². The number of pyridine rings is 1. The molecule has 2 aromatic rings. The van der Waals surface area contributed by atoms with Gasteiger partial charge >= 0.3 is 0 Å². The Hall–Kier alpha value is -2.50. The lowest BCUT2D eigenvalue weighted by atomic mass is 10.2. The highest BCUT2D eigenvalue weighted by molar-refractivity contribution is 5.92. The standard InChI is InChI=1S/C16H19N5O/c22-15(19-11-13-7-3-4-9-17-13)14-8-10-18-16(21-14)20-12-5-1-2-6-12/h3-4,7-10,12H,1-2,5-6,11H2,(H,19,22)(H,18,20,21). The van der Waals surface area contributed by atoms with E-state index in [2.05, 4.69) is 25.6 Å². The lowest BCUT2D eigenvalue weighted by Crippen LogP contribution is -2.25. The molecule has 6 nitrogen and oxygen atoms in total. The fraction of sp³-hybridized carbons (Fsp3) is 0.375. The van der Waals surface area contributed by atoms with Crippen LogP contribution in [0.5, 0.6) is 0 Å². The first-order valence-corrected chi connectivity index (χ1v) is 7.59. The van der Waals surface area contributed by atoms with Crippen molar-refractivity contribution in [3.63, 3.8) is 0 Å². The van der Waals surface area contributed by atoms with Crippen molar-refractivity contribution in [1.82, 2.24) is 20.3 Å². The summed E-state index contributed by atoms with van der Waals surface area (Å²) in [7, 11) is 0. The van der Waals surface area contributed by atoms with Gasteiger partial charge in [-0.1, -0.05) is 18.9 Å². The second-order valence-electron chi connectivity index (χ2n) is 5.39. The number of anilines is 1. The minimum Gasteiger partial charge on any atom is -0.351 e. The maximum atomic E-state index is 12.2. The van der Waals surface area contributed by atoms with Crippen LogP contribution in [0.15, 0.2) is 36.7 Å². The van der Waals surface area contributed by atoms with Crippen LogP contribution >= 0.6 is 0 Å². The van der Waals surface area contributed by atoms with Gasteiger partial charge in [-0.2, -0.15) is 0 Å². The molecule has 0 aromatic carbocycles. The van der Waals surface area contributed by atoms with Crippen LogP contribution < -0.4 is 10.6 Å². The number of carbonyl (C=O) groups excluding carboxylic acids is 1. The van der Waals surface area contributed by atoms with Crippen LogP contribution in [0.3, 0.4) is 0 Å². The molecule has 22 heavy (non-hydrogen) atoms. The van der Waals surface area contributed by atoms with Crippen molar-refractivity contribution >= 4 is 11.9 Å². The first-order valence-electron chi connectivity index (χ1n) is 7.59. The van der Waals surface area contributed by atoms with Crippen LogP contribution in [-0.2, 0) is 6.54 Å². The van der Waals surface area contributed by atoms with Crippen LogP contribution in [0.25, 0.3) is 0 Å². The van der Waals surface area contributed by atoms with Gasteiger partial charge in [0.2, 0.25) is 5.95 Å². The summed E-state index contributed by atoms with van der Waals surface area (Å²) in [5, 5.41) is 6.11. The first-order chi connectivity index (χ1) is 10.8. The van der Waals surface area contributed by atoms with Gasteiger partial charge in [-0.25, -0.2) is 9.97 Å². The van der Waals surface area contributed by atoms with Crippen molar-refractivity contribution in [2.45, 2.75) is 38.3 Å². The third-order valence-corrected chi connectivity index (χ3v) is 3.73. The maximum Gasteiger partial charge on any atom is 0.270 e. The van der Waals surface area contributed by atoms with E-state index in [0.29, 0.717) is 24.2 Å². The molecule has 0 aliphatic heterocycles. The zero-order chi connectivity index (χ0) is 15.2. The van der Waals surface area contributed by atoms with Crippen molar-refractivity contribution in [3.05, 3.63) is 48.0 Å². The number of hydrogen-bond acceptors (Lipinski definition) is 5. The Labute approximate surface area is 129 Å². The summed E-state index contributed by atoms with van der Waals surface area (Å²) in [5.74, 6) is 0.305. The largest absolute Gasteiger partial charge is 0.351 e. The molecule has 1 aliphatic rings. The van der Waals surface area contributed by atoms with E-state index in [1.807, 2.05) is 18.2 Å². The van der Waals surface area contributed by atoms with E-state index in [0.717, 1.165) is 18.5 Å². The predicted molar refractivity (Wildman–Crippen MR) is 83.3 cm³/mol. The zero-order valence-electron chi connectivity index (χ0n) is 12.3. The number of rotatable bonds is 5. The molecule has 114 valence electrons. The van der Waals surface area contributed by atoms with Crippen molar-refractivity contribution in [2.24, 2.45) is 0 Å². The van der Waals surface area contributed by atoms with Gasteiger partial charge in [0.15, 0.2) is 0 Å². The van der Waals surface area contributed by atoms with E-state index < -0.39 is 0 Å². The van der Waals surface area contributed by atoms with Crippen molar-refractivity contribution in [2.75, 3.05) is 5.32 Å². The Bertz CT molecular complexity index is 625. The Morgan fingerprint density at radius 3 is 2.77 bits per heavy atom. The summed E-state index contributed by atoms with van der Waals surface area (Å²) < 4.78 is 0. The van der Waals surface area contributed by atoms with E-state index in [-0.39, 0.29) is 5.91 Å². The molecule has 1 saturated carbocycles. The summed E-state index contributed by atoms with van der Waals surface area (Å²) >= 11 is 0. The molecule has 2 heterocycles. The molecule has 2 N–H and O–H groups in total. The van der Waals surface area contributed by atoms with Crippen molar-refractivity contribution in [3.8, 4) is 0 Å². The number of nitrogens with zero attached hydrogens (tertiary/aromatic N) is 3. The molecule has 3 rings (SSSR count). The van der Waals surface area contributed by atoms with Gasteiger partial charge < -0.3 is 10.6 Å². The Morgan fingerprint density at radius 2 is 2.00 bits per heavy atom. The molecule has 0 saturated heterocycles. The predicted octanol–water partition coefficient (Wildman–Crippen LogP) is 2.16. The summed E-state index contributed by atoms with van der Waals surface area (Å²) in [6, 6.07) is 7.65. The topological polar surface area (TPSA) is 79.8 Å². The highest BCUT2D eigenvalue weighted by Crippen LogP contribution is 2.20. The van der Waals surface area contributed by atoms with E-state index >= 15 is 0 Å². The fourth-order valence-electron chi connectivity index (χ4n) is 2.57. The minimum absolute atomic E-state index is 0.220. The van der Waals surface area contributed by atoms with Crippen LogP contribution in [0.2, 0.25) is 0 Å². The molecule has 0 unspecified atom stereocenters. The lowest BCUT2D eigenvalue weighted by molar-refractivity contribution is 0.0945. The monoisotopic (exact) mass is 297 g/mol. The molecular formula is C16H19N5O. The molecule has 1 amide bonds. The highest BCUT2D eigenvalue weighted by Gasteiger charge is 2.16. The molecular weight excluding hydrogens is 278 g/mol. The van der Waals surface area contributed by atoms with E-state index in [1.54, 1.807) is 18.5 Å². The molecule has 0 atom stereocenters. The summed E-state index contributed by atoms with van der Waals surface area (Å²) in [6.45, 7) is 0.384. The van der Waals surface area contributed by atoms with Crippen LogP contribution in [-0.4, -0.2) is 26.9 Å². The molecule has 0 spiro atoms. The number of hydrogen-bond donors (Lipinski definition) is 2. The van der Waals surface area contributed by atoms with Gasteiger partial charge in [-0.3, -0.25) is 9.78 Å². The van der Waals surface area contributed by atoms with Gasteiger partial charge in [-0.05, 0) is 31.0 Å². The fourth-order valence-corrected chi connectivity index (χ4v) is 2.57. The lowest BCUT2D eigenvalue weighted by Gasteiger charge is -2.12. The number of aromatic nitrogens is 3. The van der Waals surface area contributed by atoms with Crippen LogP contribution in [0.1, 0.15) is 41.9 Å². The SMILES string of the molecule is O=C(NCc1ccccn1)c1ccnc(NC2CCCC2)n1.